The van der Waals surface area contributed by atoms with Gasteiger partial charge >= 0.3 is 5.97 Å². The number of aliphatic hydroxyl groups excluding tert-OH is 1. The molecule has 0 aromatic rings. The molecule has 7 nitrogen and oxygen atoms in total. The van der Waals surface area contributed by atoms with Crippen molar-refractivity contribution in [1.82, 2.24) is 9.80 Å². The van der Waals surface area contributed by atoms with Crippen LogP contribution in [0.15, 0.2) is 12.7 Å². The molecule has 6 atom stereocenters. The van der Waals surface area contributed by atoms with Crippen molar-refractivity contribution in [3.8, 4) is 0 Å². The smallest absolute Gasteiger partial charge is 0.310 e. The van der Waals surface area contributed by atoms with E-state index in [1.807, 2.05) is 20.8 Å². The quantitative estimate of drug-likeness (QED) is 0.197. The number of hydrogen-bond acceptors (Lipinski definition) is 6. The molecule has 3 rings (SSSR count). The summed E-state index contributed by atoms with van der Waals surface area (Å²) in [4.78, 5) is 44.6. The van der Waals surface area contributed by atoms with Gasteiger partial charge in [0.1, 0.15) is 6.04 Å². The molecule has 3 fully saturated rings. The van der Waals surface area contributed by atoms with E-state index in [4.69, 9.17) is 9.84 Å². The van der Waals surface area contributed by atoms with Crippen molar-refractivity contribution in [2.75, 3.05) is 26.3 Å². The SMILES string of the molecule is C=CCN(C(=O)C1N(CCCCCO)C(=O)[C@@H]2[C@@H](C(=O)OCC)[C@@H]3SC12CC3Br)C(C)(C)C. The maximum Gasteiger partial charge on any atom is 0.310 e. The molecule has 3 heterocycles. The molecular weight excluding hydrogens is 508 g/mol. The summed E-state index contributed by atoms with van der Waals surface area (Å²) in [7, 11) is 0. The van der Waals surface area contributed by atoms with Crippen molar-refractivity contribution < 1.29 is 24.2 Å². The van der Waals surface area contributed by atoms with Gasteiger partial charge in [0.05, 0.1) is 23.2 Å². The van der Waals surface area contributed by atoms with Crippen LogP contribution in [0.5, 0.6) is 0 Å². The number of esters is 1. The van der Waals surface area contributed by atoms with Crippen LogP contribution in [0, 0.1) is 11.8 Å². The molecule has 1 spiro atoms. The fraction of sp³-hybridized carbons (Fsp3) is 0.792. The molecule has 2 amide bonds. The van der Waals surface area contributed by atoms with Gasteiger partial charge in [-0.3, -0.25) is 14.4 Å². The zero-order valence-electron chi connectivity index (χ0n) is 20.1. The molecule has 0 aliphatic carbocycles. The summed E-state index contributed by atoms with van der Waals surface area (Å²) in [5.41, 5.74) is -0.443. The zero-order valence-corrected chi connectivity index (χ0v) is 22.5. The Balaban J connectivity index is 2.03. The minimum Gasteiger partial charge on any atom is -0.466 e. The molecule has 3 unspecified atom stereocenters. The first kappa shape index (κ1) is 26.5. The van der Waals surface area contributed by atoms with Crippen molar-refractivity contribution in [2.45, 2.75) is 79.8 Å². The molecule has 2 bridgehead atoms. The molecule has 1 N–H and O–H groups in total. The first-order chi connectivity index (χ1) is 15.5. The maximum atomic E-state index is 14.2. The molecule has 9 heteroatoms. The minimum atomic E-state index is -0.661. The number of hydrogen-bond donors (Lipinski definition) is 1. The number of rotatable bonds is 10. The molecule has 3 aliphatic heterocycles. The molecular formula is C24H37BrN2O5S. The second kappa shape index (κ2) is 10.3. The van der Waals surface area contributed by atoms with Crippen LogP contribution >= 0.6 is 27.7 Å². The highest BCUT2D eigenvalue weighted by atomic mass is 79.9. The predicted molar refractivity (Wildman–Crippen MR) is 133 cm³/mol. The number of likely N-dealkylation sites (tertiary alicyclic amines) is 1. The van der Waals surface area contributed by atoms with Gasteiger partial charge in [-0.05, 0) is 53.4 Å². The number of carbonyl (C=O) groups is 3. The van der Waals surface area contributed by atoms with E-state index in [9.17, 15) is 14.4 Å². The summed E-state index contributed by atoms with van der Waals surface area (Å²) in [5, 5.41) is 9.06. The molecule has 0 saturated carbocycles. The lowest BCUT2D eigenvalue weighted by molar-refractivity contribution is -0.153. The van der Waals surface area contributed by atoms with Crippen molar-refractivity contribution in [2.24, 2.45) is 11.8 Å². The number of fused-ring (bicyclic) bond motifs is 1. The van der Waals surface area contributed by atoms with Crippen molar-refractivity contribution in [1.29, 1.82) is 0 Å². The fourth-order valence-corrected chi connectivity index (χ4v) is 9.29. The molecule has 0 aromatic heterocycles. The lowest BCUT2D eigenvalue weighted by atomic mass is 9.71. The second-order valence-corrected chi connectivity index (χ2v) is 12.9. The van der Waals surface area contributed by atoms with Gasteiger partial charge < -0.3 is 19.6 Å². The Labute approximate surface area is 209 Å². The Morgan fingerprint density at radius 2 is 2.06 bits per heavy atom. The number of alkyl halides is 1. The predicted octanol–water partition coefficient (Wildman–Crippen LogP) is 2.99. The highest BCUT2D eigenvalue weighted by Crippen LogP contribution is 2.68. The molecule has 3 saturated heterocycles. The summed E-state index contributed by atoms with van der Waals surface area (Å²) in [6, 6.07) is -0.641. The Morgan fingerprint density at radius 3 is 2.64 bits per heavy atom. The summed E-state index contributed by atoms with van der Waals surface area (Å²) in [6.07, 6.45) is 4.50. The number of halogens is 1. The van der Waals surface area contributed by atoms with Crippen LogP contribution in [0.1, 0.15) is 53.4 Å². The third kappa shape index (κ3) is 4.61. The number of thioether (sulfide) groups is 1. The molecule has 0 aromatic carbocycles. The summed E-state index contributed by atoms with van der Waals surface area (Å²) in [5.74, 6) is -1.65. The standard InChI is InChI=1S/C24H37BrN2O5S/c1-6-11-27(23(3,4)5)21(30)19-24-14-15(25)18(33-24)16(22(31)32-7-2)17(24)20(29)26(19)12-9-8-10-13-28/h6,15-19,28H,1,7-14H2,2-5H3/t15?,16-,17+,18-,19?,24?/m1/s1. The number of amides is 2. The maximum absolute atomic E-state index is 14.2. The Bertz CT molecular complexity index is 787. The highest BCUT2D eigenvalue weighted by Gasteiger charge is 2.76. The Hall–Kier alpha value is -1.06. The number of unbranched alkanes of at least 4 members (excludes halogenated alkanes) is 2. The van der Waals surface area contributed by atoms with E-state index < -0.39 is 28.2 Å². The van der Waals surface area contributed by atoms with Crippen LogP contribution < -0.4 is 0 Å². The molecule has 0 radical (unpaired) electrons. The monoisotopic (exact) mass is 544 g/mol. The van der Waals surface area contributed by atoms with Gasteiger partial charge in [-0.15, -0.1) is 18.3 Å². The largest absolute Gasteiger partial charge is 0.466 e. The van der Waals surface area contributed by atoms with E-state index in [1.54, 1.807) is 34.6 Å². The average Bonchev–Trinajstić information content (AvgIpc) is 3.32. The number of aliphatic hydroxyl groups is 1. The van der Waals surface area contributed by atoms with Crippen LogP contribution in [0.2, 0.25) is 0 Å². The van der Waals surface area contributed by atoms with Gasteiger partial charge in [-0.1, -0.05) is 22.0 Å². The van der Waals surface area contributed by atoms with E-state index in [-0.39, 0.29) is 41.1 Å². The second-order valence-electron chi connectivity index (χ2n) is 10.1. The molecule has 3 aliphatic rings. The van der Waals surface area contributed by atoms with E-state index in [0.717, 1.165) is 6.42 Å². The van der Waals surface area contributed by atoms with Crippen LogP contribution in [-0.4, -0.2) is 85.4 Å². The first-order valence-electron chi connectivity index (χ1n) is 11.9. The lowest BCUT2D eigenvalue weighted by Crippen LogP contribution is -2.59. The third-order valence-electron chi connectivity index (χ3n) is 7.03. The van der Waals surface area contributed by atoms with E-state index >= 15 is 0 Å². The van der Waals surface area contributed by atoms with Crippen LogP contribution in [0.4, 0.5) is 0 Å². The minimum absolute atomic E-state index is 0.0353. The van der Waals surface area contributed by atoms with Crippen molar-refractivity contribution >= 4 is 45.5 Å². The summed E-state index contributed by atoms with van der Waals surface area (Å²) in [6.45, 7) is 12.8. The number of carbonyl (C=O) groups excluding carboxylic acids is 3. The lowest BCUT2D eigenvalue weighted by Gasteiger charge is -2.42. The topological polar surface area (TPSA) is 87.2 Å². The molecule has 186 valence electrons. The normalized spacial score (nSPS) is 32.7. The van der Waals surface area contributed by atoms with Gasteiger partial charge in [-0.2, -0.15) is 0 Å². The average molecular weight is 546 g/mol. The first-order valence-corrected chi connectivity index (χ1v) is 13.7. The molecule has 33 heavy (non-hydrogen) atoms. The Kier molecular flexibility index (Phi) is 8.27. The number of ether oxygens (including phenoxy) is 1. The van der Waals surface area contributed by atoms with Crippen LogP contribution in [0.3, 0.4) is 0 Å². The summed E-state index contributed by atoms with van der Waals surface area (Å²) >= 11 is 5.39. The van der Waals surface area contributed by atoms with E-state index in [2.05, 4.69) is 22.5 Å². The van der Waals surface area contributed by atoms with E-state index in [0.29, 0.717) is 32.4 Å². The Morgan fingerprint density at radius 1 is 1.36 bits per heavy atom. The van der Waals surface area contributed by atoms with Crippen LogP contribution in [0.25, 0.3) is 0 Å². The van der Waals surface area contributed by atoms with Crippen LogP contribution in [-0.2, 0) is 19.1 Å². The third-order valence-corrected chi connectivity index (χ3v) is 10.2. The van der Waals surface area contributed by atoms with Gasteiger partial charge in [-0.25, -0.2) is 0 Å². The van der Waals surface area contributed by atoms with Crippen molar-refractivity contribution in [3.63, 3.8) is 0 Å². The zero-order chi connectivity index (χ0) is 24.6. The van der Waals surface area contributed by atoms with Gasteiger partial charge in [0, 0.05) is 35.3 Å². The van der Waals surface area contributed by atoms with Gasteiger partial charge in [0.25, 0.3) is 0 Å². The summed E-state index contributed by atoms with van der Waals surface area (Å²) < 4.78 is 4.72. The highest BCUT2D eigenvalue weighted by molar-refractivity contribution is 9.09. The van der Waals surface area contributed by atoms with E-state index in [1.165, 1.54) is 0 Å². The van der Waals surface area contributed by atoms with Gasteiger partial charge in [0.15, 0.2) is 0 Å². The fourth-order valence-electron chi connectivity index (χ4n) is 5.70. The number of nitrogens with zero attached hydrogens (tertiary/aromatic N) is 2. The van der Waals surface area contributed by atoms with Crippen molar-refractivity contribution in [3.05, 3.63) is 12.7 Å². The van der Waals surface area contributed by atoms with Gasteiger partial charge in [0.2, 0.25) is 11.8 Å².